The van der Waals surface area contributed by atoms with Crippen molar-refractivity contribution in [2.75, 3.05) is 12.8 Å². The molecule has 3 aromatic rings. The van der Waals surface area contributed by atoms with Crippen LogP contribution in [0.1, 0.15) is 5.56 Å². The Hall–Kier alpha value is -2.83. The van der Waals surface area contributed by atoms with Gasteiger partial charge in [0.1, 0.15) is 10.1 Å². The van der Waals surface area contributed by atoms with E-state index >= 15 is 0 Å². The lowest BCUT2D eigenvalue weighted by atomic mass is 9.97. The first-order valence-electron chi connectivity index (χ1n) is 8.26. The van der Waals surface area contributed by atoms with E-state index in [1.165, 1.54) is 11.8 Å². The minimum atomic E-state index is -0.174. The van der Waals surface area contributed by atoms with Gasteiger partial charge in [-0.1, -0.05) is 54.3 Å². The molecule has 0 unspecified atom stereocenters. The molecule has 1 amide bonds. The normalized spacial score (nSPS) is 15.4. The summed E-state index contributed by atoms with van der Waals surface area (Å²) < 4.78 is 6.02. The Kier molecular flexibility index (Phi) is 4.59. The molecular weight excluding hydrogens is 376 g/mol. The summed E-state index contributed by atoms with van der Waals surface area (Å²) in [5, 5.41) is 4.81. The smallest absolute Gasteiger partial charge is 0.263 e. The van der Waals surface area contributed by atoms with Gasteiger partial charge in [0.25, 0.3) is 5.91 Å². The van der Waals surface area contributed by atoms with Gasteiger partial charge in [-0.25, -0.2) is 0 Å². The molecule has 0 aliphatic carbocycles. The number of hydrogen-bond donors (Lipinski definition) is 2. The summed E-state index contributed by atoms with van der Waals surface area (Å²) in [6.07, 6.45) is 1.82. The van der Waals surface area contributed by atoms with Gasteiger partial charge in [0.15, 0.2) is 0 Å². The number of amides is 1. The molecule has 3 aromatic carbocycles. The molecule has 1 aliphatic rings. The highest BCUT2D eigenvalue weighted by molar-refractivity contribution is 8.26. The van der Waals surface area contributed by atoms with Crippen molar-refractivity contribution >= 4 is 56.7 Å². The third-order valence-electron chi connectivity index (χ3n) is 4.37. The summed E-state index contributed by atoms with van der Waals surface area (Å²) >= 11 is 6.31. The van der Waals surface area contributed by atoms with Crippen molar-refractivity contribution < 1.29 is 9.53 Å². The second-order valence-corrected chi connectivity index (χ2v) is 7.82. The van der Waals surface area contributed by atoms with E-state index in [0.29, 0.717) is 14.9 Å². The van der Waals surface area contributed by atoms with E-state index in [1.54, 1.807) is 7.11 Å². The van der Waals surface area contributed by atoms with Crippen molar-refractivity contribution in [3.8, 4) is 16.9 Å². The zero-order valence-corrected chi connectivity index (χ0v) is 16.1. The van der Waals surface area contributed by atoms with Crippen LogP contribution in [0.15, 0.2) is 59.5 Å². The monoisotopic (exact) mass is 392 g/mol. The molecule has 6 heteroatoms. The molecule has 0 spiro atoms. The maximum atomic E-state index is 11.9. The molecule has 4 nitrogen and oxygen atoms in total. The molecule has 1 aliphatic heterocycles. The predicted molar refractivity (Wildman–Crippen MR) is 117 cm³/mol. The molecule has 27 heavy (non-hydrogen) atoms. The Bertz CT molecular complexity index is 1120. The minimum absolute atomic E-state index is 0.174. The van der Waals surface area contributed by atoms with Crippen LogP contribution in [0.25, 0.3) is 28.0 Å². The van der Waals surface area contributed by atoms with Crippen LogP contribution in [0, 0.1) is 0 Å². The van der Waals surface area contributed by atoms with Gasteiger partial charge in [-0.15, -0.1) is 0 Å². The lowest BCUT2D eigenvalue weighted by Gasteiger charge is -2.13. The summed E-state index contributed by atoms with van der Waals surface area (Å²) in [5.74, 6) is 0.547. The van der Waals surface area contributed by atoms with E-state index in [2.05, 4.69) is 17.4 Å². The highest BCUT2D eigenvalue weighted by Crippen LogP contribution is 2.38. The van der Waals surface area contributed by atoms with Gasteiger partial charge in [0.05, 0.1) is 12.0 Å². The average molecular weight is 393 g/mol. The van der Waals surface area contributed by atoms with Gasteiger partial charge in [0, 0.05) is 16.8 Å². The van der Waals surface area contributed by atoms with Crippen LogP contribution in [0.4, 0.5) is 5.69 Å². The summed E-state index contributed by atoms with van der Waals surface area (Å²) in [7, 11) is 1.63. The molecule has 134 valence electrons. The van der Waals surface area contributed by atoms with E-state index in [4.69, 9.17) is 22.7 Å². The number of nitrogens with two attached hydrogens (primary N) is 1. The number of fused-ring (bicyclic) bond motifs is 1. The number of nitrogens with one attached hydrogen (secondary N) is 1. The summed E-state index contributed by atoms with van der Waals surface area (Å²) in [6.45, 7) is 0. The number of hydrogen-bond acceptors (Lipinski definition) is 5. The number of methoxy groups -OCH3 is 1. The molecule has 0 aromatic heterocycles. The van der Waals surface area contributed by atoms with Crippen molar-refractivity contribution in [1.29, 1.82) is 0 Å². The van der Waals surface area contributed by atoms with E-state index in [9.17, 15) is 4.79 Å². The SMILES string of the molecule is COc1ccc(C=C2SC(=S)NC2=O)cc1-c1cc2ccccc2cc1N. The minimum Gasteiger partial charge on any atom is -0.496 e. The third kappa shape index (κ3) is 3.41. The fraction of sp³-hybridized carbons (Fsp3) is 0.0476. The van der Waals surface area contributed by atoms with E-state index in [-0.39, 0.29) is 5.91 Å². The molecule has 3 N–H and O–H groups in total. The fourth-order valence-corrected chi connectivity index (χ4v) is 4.13. The van der Waals surface area contributed by atoms with Crippen molar-refractivity contribution in [3.05, 3.63) is 65.1 Å². The second kappa shape index (κ2) is 7.06. The molecule has 1 heterocycles. The Labute approximate surface area is 166 Å². The lowest BCUT2D eigenvalue weighted by Crippen LogP contribution is -2.17. The first-order chi connectivity index (χ1) is 13.0. The third-order valence-corrected chi connectivity index (χ3v) is 5.53. The number of ether oxygens (including phenoxy) is 1. The number of carbonyl (C=O) groups is 1. The standard InChI is InChI=1S/C21H16N2O2S2/c1-25-18-7-6-12(9-19-20(24)23-21(26)27-19)8-16(18)15-10-13-4-2-3-5-14(13)11-17(15)22/h2-11H,22H2,1H3,(H,23,24,26). The van der Waals surface area contributed by atoms with Gasteiger partial charge in [-0.2, -0.15) is 0 Å². The molecule has 1 fully saturated rings. The van der Waals surface area contributed by atoms with Gasteiger partial charge < -0.3 is 15.8 Å². The molecular formula is C21H16N2O2S2. The molecule has 0 saturated carbocycles. The lowest BCUT2D eigenvalue weighted by molar-refractivity contribution is -0.115. The first-order valence-corrected chi connectivity index (χ1v) is 9.49. The Morgan fingerprint density at radius 2 is 1.81 bits per heavy atom. The van der Waals surface area contributed by atoms with Gasteiger partial charge in [-0.3, -0.25) is 4.79 Å². The summed E-state index contributed by atoms with van der Waals surface area (Å²) in [4.78, 5) is 12.5. The topological polar surface area (TPSA) is 64.3 Å². The van der Waals surface area contributed by atoms with Crippen molar-refractivity contribution in [2.24, 2.45) is 0 Å². The molecule has 4 rings (SSSR count). The van der Waals surface area contributed by atoms with Gasteiger partial charge >= 0.3 is 0 Å². The molecule has 0 radical (unpaired) electrons. The number of carbonyl (C=O) groups excluding carboxylic acids is 1. The van der Waals surface area contributed by atoms with Crippen molar-refractivity contribution in [2.45, 2.75) is 0 Å². The maximum Gasteiger partial charge on any atom is 0.263 e. The molecule has 0 bridgehead atoms. The Balaban J connectivity index is 1.85. The number of rotatable bonds is 3. The summed E-state index contributed by atoms with van der Waals surface area (Å²) in [6, 6.07) is 17.9. The van der Waals surface area contributed by atoms with Crippen molar-refractivity contribution in [1.82, 2.24) is 5.32 Å². The number of thioether (sulfide) groups is 1. The van der Waals surface area contributed by atoms with Crippen LogP contribution in [0.5, 0.6) is 5.75 Å². The van der Waals surface area contributed by atoms with Gasteiger partial charge in [0.2, 0.25) is 0 Å². The van der Waals surface area contributed by atoms with Crippen LogP contribution in [-0.4, -0.2) is 17.3 Å². The molecule has 0 atom stereocenters. The first kappa shape index (κ1) is 17.6. The predicted octanol–water partition coefficient (Wildman–Crippen LogP) is 4.59. The largest absolute Gasteiger partial charge is 0.496 e. The Morgan fingerprint density at radius 1 is 1.07 bits per heavy atom. The van der Waals surface area contributed by atoms with E-state index in [0.717, 1.165) is 33.2 Å². The van der Waals surface area contributed by atoms with Crippen molar-refractivity contribution in [3.63, 3.8) is 0 Å². The highest BCUT2D eigenvalue weighted by atomic mass is 32.2. The summed E-state index contributed by atoms with van der Waals surface area (Å²) in [5.41, 5.74) is 9.66. The van der Waals surface area contributed by atoms with Gasteiger partial charge in [-0.05, 0) is 46.7 Å². The average Bonchev–Trinajstić information content (AvgIpc) is 2.98. The van der Waals surface area contributed by atoms with Crippen LogP contribution in [0.2, 0.25) is 0 Å². The van der Waals surface area contributed by atoms with Crippen LogP contribution >= 0.6 is 24.0 Å². The maximum absolute atomic E-state index is 11.9. The quantitative estimate of drug-likeness (QED) is 0.388. The highest BCUT2D eigenvalue weighted by Gasteiger charge is 2.22. The number of benzene rings is 3. The number of thiocarbonyl (C=S) groups is 1. The van der Waals surface area contributed by atoms with Crippen LogP contribution in [-0.2, 0) is 4.79 Å². The number of nitrogen functional groups attached to an aromatic ring is 1. The zero-order chi connectivity index (χ0) is 19.0. The van der Waals surface area contributed by atoms with Crippen LogP contribution < -0.4 is 15.8 Å². The molecule has 1 saturated heterocycles. The van der Waals surface area contributed by atoms with E-state index in [1.807, 2.05) is 48.5 Å². The van der Waals surface area contributed by atoms with Crippen LogP contribution in [0.3, 0.4) is 0 Å². The second-order valence-electron chi connectivity index (χ2n) is 6.10. The Morgan fingerprint density at radius 3 is 2.48 bits per heavy atom. The zero-order valence-electron chi connectivity index (χ0n) is 14.5. The van der Waals surface area contributed by atoms with E-state index < -0.39 is 0 Å². The number of anilines is 1. The fourth-order valence-electron chi connectivity index (χ4n) is 3.09.